The van der Waals surface area contributed by atoms with E-state index < -0.39 is 40.1 Å². The second-order valence-corrected chi connectivity index (χ2v) is 14.8. The zero-order valence-electron chi connectivity index (χ0n) is 25.5. The van der Waals surface area contributed by atoms with E-state index in [-0.39, 0.29) is 34.4 Å². The lowest BCUT2D eigenvalue weighted by atomic mass is 9.55. The van der Waals surface area contributed by atoms with E-state index in [1.807, 2.05) is 13.0 Å². The summed E-state index contributed by atoms with van der Waals surface area (Å²) in [6.07, 6.45) is 8.15. The number of carbonyl (C=O) groups is 3. The molecule has 3 aliphatic carbocycles. The number of carbonyl (C=O) groups excluding carboxylic acids is 2. The van der Waals surface area contributed by atoms with E-state index >= 15 is 4.39 Å². The SMILES string of the molecule is CCN1[C@@H](C(=O)NC2CCC3(C(=O)O)CCCC2C3)[C@H](c2cccc(Cl)c2F)[C@]2(C(=O)Nc3cc(Cl)ccc32)C12CCCCC2. The Morgan fingerprint density at radius 1 is 1.07 bits per heavy atom. The van der Waals surface area contributed by atoms with Gasteiger partial charge in [0.05, 0.1) is 16.5 Å². The van der Waals surface area contributed by atoms with Crippen LogP contribution in [-0.4, -0.2) is 52.0 Å². The van der Waals surface area contributed by atoms with Gasteiger partial charge in [-0.1, -0.05) is 74.0 Å². The number of amides is 2. The summed E-state index contributed by atoms with van der Waals surface area (Å²) in [7, 11) is 0. The Bertz CT molecular complexity index is 1560. The Balaban J connectivity index is 1.39. The number of hydrogen-bond acceptors (Lipinski definition) is 4. The standard InChI is InChI=1S/C35H40Cl2FN3O4/c1-2-41-29(30(42)39-25-13-17-33(32(44)45)14-7-8-20(25)19-33)27(22-9-6-10-24(37)28(22)38)35(34(41)15-4-3-5-16-34)23-12-11-21(36)18-26(23)40-31(35)43/h6,9-12,18,20,25,27,29H,2-5,7-8,13-17,19H2,1H3,(H,39,42)(H,40,43)(H,44,45)/t20?,25?,27-,29+,33?,35+/m0/s1. The third-order valence-corrected chi connectivity index (χ3v) is 12.7. The molecule has 7 nitrogen and oxygen atoms in total. The van der Waals surface area contributed by atoms with E-state index in [0.29, 0.717) is 55.8 Å². The average Bonchev–Trinajstić information content (AvgIpc) is 3.45. The summed E-state index contributed by atoms with van der Waals surface area (Å²) in [5.74, 6) is -2.65. The molecule has 3 unspecified atom stereocenters. The molecule has 2 aromatic carbocycles. The van der Waals surface area contributed by atoms with Crippen LogP contribution < -0.4 is 10.6 Å². The third kappa shape index (κ3) is 4.34. The number of aliphatic carboxylic acids is 1. The molecule has 3 saturated carbocycles. The number of likely N-dealkylation sites (tertiary alicyclic amines) is 1. The van der Waals surface area contributed by atoms with Crippen LogP contribution in [0.15, 0.2) is 36.4 Å². The van der Waals surface area contributed by atoms with Crippen molar-refractivity contribution in [3.05, 3.63) is 63.4 Å². The molecule has 1 saturated heterocycles. The van der Waals surface area contributed by atoms with Crippen LogP contribution in [0.1, 0.15) is 94.6 Å². The maximum Gasteiger partial charge on any atom is 0.309 e. The molecular formula is C35H40Cl2FN3O4. The number of anilines is 1. The summed E-state index contributed by atoms with van der Waals surface area (Å²) in [6.45, 7) is 2.50. The van der Waals surface area contributed by atoms with Crippen molar-refractivity contribution in [3.8, 4) is 0 Å². The number of carboxylic acids is 1. The van der Waals surface area contributed by atoms with Crippen LogP contribution in [0, 0.1) is 17.2 Å². The van der Waals surface area contributed by atoms with Crippen molar-refractivity contribution in [2.24, 2.45) is 11.3 Å². The number of benzene rings is 2. The van der Waals surface area contributed by atoms with Gasteiger partial charge in [0.2, 0.25) is 11.8 Å². The van der Waals surface area contributed by atoms with Crippen molar-refractivity contribution >= 4 is 46.7 Å². The van der Waals surface area contributed by atoms with Crippen molar-refractivity contribution in [1.29, 1.82) is 0 Å². The molecular weight excluding hydrogens is 616 g/mol. The van der Waals surface area contributed by atoms with E-state index in [1.165, 1.54) is 6.07 Å². The predicted octanol–water partition coefficient (Wildman–Crippen LogP) is 7.05. The van der Waals surface area contributed by atoms with Crippen LogP contribution in [-0.2, 0) is 19.8 Å². The number of nitrogens with zero attached hydrogens (tertiary/aromatic N) is 1. The largest absolute Gasteiger partial charge is 0.481 e. The second kappa shape index (κ2) is 11.2. The highest BCUT2D eigenvalue weighted by Crippen LogP contribution is 2.66. The summed E-state index contributed by atoms with van der Waals surface area (Å²) in [6, 6.07) is 9.21. The van der Waals surface area contributed by atoms with Crippen LogP contribution in [0.3, 0.4) is 0 Å². The normalized spacial score (nSPS) is 33.6. The Morgan fingerprint density at radius 2 is 1.84 bits per heavy atom. The number of likely N-dealkylation sites (N-methyl/N-ethyl adjacent to an activating group) is 1. The molecule has 10 heteroatoms. The molecule has 45 heavy (non-hydrogen) atoms. The number of carboxylic acid groups (broad SMARTS) is 1. The second-order valence-electron chi connectivity index (χ2n) is 14.0. The quantitative estimate of drug-likeness (QED) is 0.321. The van der Waals surface area contributed by atoms with Gasteiger partial charge in [0.25, 0.3) is 0 Å². The number of rotatable bonds is 5. The molecule has 7 rings (SSSR count). The minimum Gasteiger partial charge on any atom is -0.481 e. The minimum absolute atomic E-state index is 0.0521. The molecule has 240 valence electrons. The number of halogens is 3. The fourth-order valence-electron chi connectivity index (χ4n) is 10.5. The fourth-order valence-corrected chi connectivity index (χ4v) is 10.8. The van der Waals surface area contributed by atoms with Crippen LogP contribution in [0.5, 0.6) is 0 Å². The fraction of sp³-hybridized carbons (Fsp3) is 0.571. The lowest BCUT2D eigenvalue weighted by Crippen LogP contribution is -2.62. The number of nitrogens with one attached hydrogen (secondary N) is 2. The topological polar surface area (TPSA) is 98.7 Å². The van der Waals surface area contributed by atoms with Crippen LogP contribution >= 0.6 is 23.2 Å². The molecule has 5 aliphatic rings. The van der Waals surface area contributed by atoms with Gasteiger partial charge >= 0.3 is 5.97 Å². The highest BCUT2D eigenvalue weighted by molar-refractivity contribution is 6.31. The third-order valence-electron chi connectivity index (χ3n) is 12.2. The van der Waals surface area contributed by atoms with Gasteiger partial charge in [-0.25, -0.2) is 4.39 Å². The Hall–Kier alpha value is -2.68. The highest BCUT2D eigenvalue weighted by atomic mass is 35.5. The smallest absolute Gasteiger partial charge is 0.309 e. The molecule has 2 bridgehead atoms. The van der Waals surface area contributed by atoms with Crippen molar-refractivity contribution in [3.63, 3.8) is 0 Å². The van der Waals surface area contributed by atoms with Gasteiger partial charge in [0, 0.05) is 28.2 Å². The van der Waals surface area contributed by atoms with Crippen molar-refractivity contribution in [2.75, 3.05) is 11.9 Å². The van der Waals surface area contributed by atoms with Gasteiger partial charge < -0.3 is 15.7 Å². The van der Waals surface area contributed by atoms with Gasteiger partial charge in [-0.05, 0) is 86.7 Å². The zero-order chi connectivity index (χ0) is 31.7. The molecule has 2 amide bonds. The van der Waals surface area contributed by atoms with Gasteiger partial charge in [-0.15, -0.1) is 0 Å². The summed E-state index contributed by atoms with van der Waals surface area (Å²) in [5.41, 5.74) is -1.14. The zero-order valence-corrected chi connectivity index (χ0v) is 27.0. The van der Waals surface area contributed by atoms with E-state index in [1.54, 1.807) is 24.3 Å². The van der Waals surface area contributed by atoms with E-state index in [9.17, 15) is 19.5 Å². The van der Waals surface area contributed by atoms with E-state index in [4.69, 9.17) is 23.2 Å². The number of fused-ring (bicyclic) bond motifs is 5. The molecule has 6 atom stereocenters. The first-order chi connectivity index (χ1) is 21.6. The lowest BCUT2D eigenvalue weighted by molar-refractivity contribution is -0.155. The number of hydrogen-bond donors (Lipinski definition) is 3. The van der Waals surface area contributed by atoms with Crippen LogP contribution in [0.4, 0.5) is 10.1 Å². The monoisotopic (exact) mass is 655 g/mol. The maximum atomic E-state index is 16.3. The predicted molar refractivity (Wildman–Crippen MR) is 171 cm³/mol. The summed E-state index contributed by atoms with van der Waals surface area (Å²) < 4.78 is 16.3. The first-order valence-corrected chi connectivity index (χ1v) is 17.2. The van der Waals surface area contributed by atoms with Crippen LogP contribution in [0.2, 0.25) is 10.0 Å². The average molecular weight is 657 g/mol. The van der Waals surface area contributed by atoms with Gasteiger partial charge in [-0.2, -0.15) is 0 Å². The van der Waals surface area contributed by atoms with Gasteiger partial charge in [0.1, 0.15) is 11.2 Å². The Morgan fingerprint density at radius 3 is 2.58 bits per heavy atom. The molecule has 2 spiro atoms. The van der Waals surface area contributed by atoms with Crippen molar-refractivity contribution < 1.29 is 23.9 Å². The lowest BCUT2D eigenvalue weighted by Gasteiger charge is -2.50. The maximum absolute atomic E-state index is 16.3. The Labute approximate surface area is 273 Å². The van der Waals surface area contributed by atoms with E-state index in [0.717, 1.165) is 37.7 Å². The van der Waals surface area contributed by atoms with E-state index in [2.05, 4.69) is 15.5 Å². The first-order valence-electron chi connectivity index (χ1n) is 16.5. The molecule has 0 radical (unpaired) electrons. The molecule has 4 fully saturated rings. The van der Waals surface area contributed by atoms with Crippen molar-refractivity contribution in [2.45, 2.75) is 107 Å². The van der Waals surface area contributed by atoms with Crippen molar-refractivity contribution in [1.82, 2.24) is 10.2 Å². The summed E-state index contributed by atoms with van der Waals surface area (Å²) in [4.78, 5) is 44.1. The van der Waals surface area contributed by atoms with Gasteiger partial charge in [-0.3, -0.25) is 19.3 Å². The molecule has 0 aromatic heterocycles. The first kappa shape index (κ1) is 30.9. The molecule has 3 N–H and O–H groups in total. The molecule has 2 aromatic rings. The molecule has 2 aliphatic heterocycles. The van der Waals surface area contributed by atoms with Gasteiger partial charge in [0.15, 0.2) is 0 Å². The summed E-state index contributed by atoms with van der Waals surface area (Å²) in [5, 5.41) is 17.0. The molecule has 2 heterocycles. The highest BCUT2D eigenvalue weighted by Gasteiger charge is 2.75. The van der Waals surface area contributed by atoms with Crippen LogP contribution in [0.25, 0.3) is 0 Å². The Kier molecular flexibility index (Phi) is 7.73. The summed E-state index contributed by atoms with van der Waals surface area (Å²) >= 11 is 12.8. The minimum atomic E-state index is -1.27.